The Kier molecular flexibility index (Phi) is 4.20. The van der Waals surface area contributed by atoms with Crippen LogP contribution in [0.2, 0.25) is 0 Å². The van der Waals surface area contributed by atoms with Crippen molar-refractivity contribution >= 4 is 5.91 Å². The van der Waals surface area contributed by atoms with Crippen LogP contribution in [0, 0.1) is 0 Å². The molecule has 0 spiro atoms. The van der Waals surface area contributed by atoms with Gasteiger partial charge in [-0.25, -0.2) is 0 Å². The molecule has 0 aliphatic carbocycles. The van der Waals surface area contributed by atoms with Crippen LogP contribution in [0.15, 0.2) is 30.7 Å². The molecule has 2 aromatic rings. The van der Waals surface area contributed by atoms with Crippen LogP contribution in [0.5, 0.6) is 0 Å². The average molecular weight is 299 g/mol. The molecule has 1 fully saturated rings. The predicted molar refractivity (Wildman–Crippen MR) is 83.2 cm³/mol. The van der Waals surface area contributed by atoms with Gasteiger partial charge in [-0.15, -0.1) is 0 Å². The molecule has 6 heteroatoms. The van der Waals surface area contributed by atoms with E-state index in [0.29, 0.717) is 5.56 Å². The van der Waals surface area contributed by atoms with Crippen molar-refractivity contribution < 1.29 is 4.79 Å². The van der Waals surface area contributed by atoms with Crippen molar-refractivity contribution in [3.63, 3.8) is 0 Å². The summed E-state index contributed by atoms with van der Waals surface area (Å²) in [5.41, 5.74) is 2.79. The van der Waals surface area contributed by atoms with E-state index in [9.17, 15) is 4.79 Å². The largest absolute Gasteiger partial charge is 0.345 e. The van der Waals surface area contributed by atoms with Gasteiger partial charge in [0.15, 0.2) is 0 Å². The van der Waals surface area contributed by atoms with E-state index in [1.165, 1.54) is 5.56 Å². The highest BCUT2D eigenvalue weighted by molar-refractivity contribution is 5.94. The minimum atomic E-state index is -0.00280. The summed E-state index contributed by atoms with van der Waals surface area (Å²) in [5, 5.41) is 7.14. The monoisotopic (exact) mass is 299 g/mol. The lowest BCUT2D eigenvalue weighted by Gasteiger charge is -2.24. The van der Waals surface area contributed by atoms with Crippen molar-refractivity contribution in [3.8, 4) is 0 Å². The van der Waals surface area contributed by atoms with Gasteiger partial charge in [0, 0.05) is 33.0 Å². The van der Waals surface area contributed by atoms with E-state index in [-0.39, 0.29) is 11.9 Å². The molecule has 3 rings (SSSR count). The summed E-state index contributed by atoms with van der Waals surface area (Å²) in [7, 11) is 3.53. The summed E-state index contributed by atoms with van der Waals surface area (Å²) in [6.07, 6.45) is 7.48. The third kappa shape index (κ3) is 2.87. The number of H-pyrrole nitrogens is 1. The molecule has 0 aromatic carbocycles. The number of rotatable bonds is 4. The molecular formula is C16H21N5O. The number of amides is 1. The summed E-state index contributed by atoms with van der Waals surface area (Å²) in [6, 6.07) is 4.25. The third-order valence-corrected chi connectivity index (χ3v) is 4.11. The Balaban J connectivity index is 1.82. The zero-order valence-electron chi connectivity index (χ0n) is 13.0. The van der Waals surface area contributed by atoms with E-state index < -0.39 is 0 Å². The van der Waals surface area contributed by atoms with Crippen molar-refractivity contribution in [2.75, 3.05) is 20.6 Å². The minimum Gasteiger partial charge on any atom is -0.345 e. The lowest BCUT2D eigenvalue weighted by Crippen LogP contribution is -2.27. The third-order valence-electron chi connectivity index (χ3n) is 4.11. The maximum Gasteiger partial charge on any atom is 0.256 e. The van der Waals surface area contributed by atoms with E-state index >= 15 is 0 Å². The standard InChI is InChI=1S/C16H21N5O/c1-20(2)16(22)13-10-18-19-15(13)14-6-4-8-21(14)11-12-5-3-7-17-9-12/h3,5,7,9-10,14H,4,6,8,11H2,1-2H3,(H,18,19)/t14-/m1/s1. The van der Waals surface area contributed by atoms with Gasteiger partial charge in [-0.05, 0) is 31.0 Å². The zero-order valence-corrected chi connectivity index (χ0v) is 13.0. The summed E-state index contributed by atoms with van der Waals surface area (Å²) in [5.74, 6) is -0.00280. The average Bonchev–Trinajstić information content (AvgIpc) is 3.15. The Morgan fingerprint density at radius 3 is 3.05 bits per heavy atom. The number of aromatic amines is 1. The number of carbonyl (C=O) groups excluding carboxylic acids is 1. The molecule has 1 amide bonds. The molecule has 22 heavy (non-hydrogen) atoms. The van der Waals surface area contributed by atoms with Gasteiger partial charge in [0.2, 0.25) is 0 Å². The highest BCUT2D eigenvalue weighted by atomic mass is 16.2. The Morgan fingerprint density at radius 2 is 2.32 bits per heavy atom. The Hall–Kier alpha value is -2.21. The molecular weight excluding hydrogens is 278 g/mol. The summed E-state index contributed by atoms with van der Waals surface area (Å²) >= 11 is 0. The first kappa shape index (κ1) is 14.7. The van der Waals surface area contributed by atoms with E-state index in [1.54, 1.807) is 31.4 Å². The smallest absolute Gasteiger partial charge is 0.256 e. The van der Waals surface area contributed by atoms with Gasteiger partial charge in [-0.3, -0.25) is 19.8 Å². The number of likely N-dealkylation sites (tertiary alicyclic amines) is 1. The van der Waals surface area contributed by atoms with Crippen LogP contribution < -0.4 is 0 Å². The molecule has 0 radical (unpaired) electrons. The Morgan fingerprint density at radius 1 is 1.45 bits per heavy atom. The van der Waals surface area contributed by atoms with Crippen molar-refractivity contribution in [2.45, 2.75) is 25.4 Å². The molecule has 1 aliphatic heterocycles. The molecule has 1 aliphatic rings. The normalized spacial score (nSPS) is 18.5. The number of carbonyl (C=O) groups is 1. The van der Waals surface area contributed by atoms with Gasteiger partial charge >= 0.3 is 0 Å². The topological polar surface area (TPSA) is 65.1 Å². The predicted octanol–water partition coefficient (Wildman–Crippen LogP) is 1.84. The SMILES string of the molecule is CN(C)C(=O)c1cn[nH]c1[C@H]1CCCN1Cc1cccnc1. The molecule has 3 heterocycles. The number of nitrogens with one attached hydrogen (secondary N) is 1. The van der Waals surface area contributed by atoms with Crippen LogP contribution >= 0.6 is 0 Å². The number of pyridine rings is 1. The molecule has 0 saturated carbocycles. The van der Waals surface area contributed by atoms with Gasteiger partial charge in [0.05, 0.1) is 23.5 Å². The van der Waals surface area contributed by atoms with Crippen molar-refractivity contribution in [1.29, 1.82) is 0 Å². The molecule has 0 bridgehead atoms. The van der Waals surface area contributed by atoms with E-state index in [4.69, 9.17) is 0 Å². The molecule has 1 saturated heterocycles. The summed E-state index contributed by atoms with van der Waals surface area (Å²) in [4.78, 5) is 20.4. The van der Waals surface area contributed by atoms with E-state index in [1.807, 2.05) is 12.3 Å². The fourth-order valence-corrected chi connectivity index (χ4v) is 3.03. The van der Waals surface area contributed by atoms with Crippen molar-refractivity contribution in [2.24, 2.45) is 0 Å². The number of hydrogen-bond acceptors (Lipinski definition) is 4. The summed E-state index contributed by atoms with van der Waals surface area (Å²) in [6.45, 7) is 1.86. The summed E-state index contributed by atoms with van der Waals surface area (Å²) < 4.78 is 0. The number of aromatic nitrogens is 3. The highest BCUT2D eigenvalue weighted by Gasteiger charge is 2.31. The molecule has 116 valence electrons. The van der Waals surface area contributed by atoms with Gasteiger partial charge < -0.3 is 4.90 Å². The first-order chi connectivity index (χ1) is 10.7. The second-order valence-corrected chi connectivity index (χ2v) is 5.89. The van der Waals surface area contributed by atoms with Crippen LogP contribution in [-0.2, 0) is 6.54 Å². The maximum absolute atomic E-state index is 12.3. The second-order valence-electron chi connectivity index (χ2n) is 5.89. The van der Waals surface area contributed by atoms with Crippen LogP contribution in [-0.4, -0.2) is 51.5 Å². The van der Waals surface area contributed by atoms with Gasteiger partial charge in [0.25, 0.3) is 5.91 Å². The van der Waals surface area contributed by atoms with Crippen LogP contribution in [0.1, 0.15) is 40.5 Å². The van der Waals surface area contributed by atoms with Crippen LogP contribution in [0.25, 0.3) is 0 Å². The molecule has 6 nitrogen and oxygen atoms in total. The molecule has 0 unspecified atom stereocenters. The van der Waals surface area contributed by atoms with Gasteiger partial charge in [-0.2, -0.15) is 5.10 Å². The van der Waals surface area contributed by atoms with Crippen LogP contribution in [0.3, 0.4) is 0 Å². The second kappa shape index (κ2) is 6.27. The number of hydrogen-bond donors (Lipinski definition) is 1. The Labute approximate surface area is 130 Å². The minimum absolute atomic E-state index is 0.00280. The van der Waals surface area contributed by atoms with Gasteiger partial charge in [0.1, 0.15) is 0 Å². The highest BCUT2D eigenvalue weighted by Crippen LogP contribution is 2.33. The first-order valence-electron chi connectivity index (χ1n) is 7.54. The number of nitrogens with zero attached hydrogens (tertiary/aromatic N) is 4. The molecule has 1 atom stereocenters. The van der Waals surface area contributed by atoms with Gasteiger partial charge in [-0.1, -0.05) is 6.07 Å². The molecule has 2 aromatic heterocycles. The van der Waals surface area contributed by atoms with Crippen molar-refractivity contribution in [3.05, 3.63) is 47.5 Å². The fraction of sp³-hybridized carbons (Fsp3) is 0.438. The zero-order chi connectivity index (χ0) is 15.5. The first-order valence-corrected chi connectivity index (χ1v) is 7.54. The van der Waals surface area contributed by atoms with Crippen LogP contribution in [0.4, 0.5) is 0 Å². The Bertz CT molecular complexity index is 637. The lowest BCUT2D eigenvalue weighted by atomic mass is 10.1. The van der Waals surface area contributed by atoms with E-state index in [0.717, 1.165) is 31.6 Å². The fourth-order valence-electron chi connectivity index (χ4n) is 3.03. The lowest BCUT2D eigenvalue weighted by molar-refractivity contribution is 0.0824. The van der Waals surface area contributed by atoms with Crippen molar-refractivity contribution in [1.82, 2.24) is 25.0 Å². The quantitative estimate of drug-likeness (QED) is 0.935. The molecule has 1 N–H and O–H groups in total. The van der Waals surface area contributed by atoms with E-state index in [2.05, 4.69) is 26.1 Å². The maximum atomic E-state index is 12.3.